The third-order valence-corrected chi connectivity index (χ3v) is 4.24. The lowest BCUT2D eigenvalue weighted by Gasteiger charge is -2.14. The topological polar surface area (TPSA) is 89.8 Å². The van der Waals surface area contributed by atoms with Gasteiger partial charge in [0.25, 0.3) is 0 Å². The Balaban J connectivity index is 0.000000253. The van der Waals surface area contributed by atoms with Crippen molar-refractivity contribution in [1.82, 2.24) is 5.32 Å². The van der Waals surface area contributed by atoms with Crippen molar-refractivity contribution in [3.63, 3.8) is 0 Å². The Morgan fingerprint density at radius 3 is 2.52 bits per heavy atom. The second kappa shape index (κ2) is 11.2. The molecule has 2 unspecified atom stereocenters. The first kappa shape index (κ1) is 19.7. The van der Waals surface area contributed by atoms with Crippen LogP contribution in [0.5, 0.6) is 0 Å². The zero-order chi connectivity index (χ0) is 17.1. The van der Waals surface area contributed by atoms with Crippen molar-refractivity contribution < 1.29 is 19.9 Å². The van der Waals surface area contributed by atoms with E-state index in [9.17, 15) is 4.79 Å². The maximum atomic E-state index is 10.8. The number of carboxylic acid groups (broad SMARTS) is 1. The highest BCUT2D eigenvalue weighted by molar-refractivity contribution is 6.40. The molecule has 0 bridgehead atoms. The zero-order valence-electron chi connectivity index (χ0n) is 13.8. The molecule has 23 heavy (non-hydrogen) atoms. The van der Waals surface area contributed by atoms with Crippen molar-refractivity contribution in [2.45, 2.75) is 45.0 Å². The molecule has 128 valence electrons. The average Bonchev–Trinajstić information content (AvgIpc) is 2.98. The Kier molecular flexibility index (Phi) is 9.60. The van der Waals surface area contributed by atoms with Crippen LogP contribution in [-0.2, 0) is 11.3 Å². The van der Waals surface area contributed by atoms with E-state index >= 15 is 0 Å². The van der Waals surface area contributed by atoms with Crippen LogP contribution in [0.2, 0.25) is 6.32 Å². The lowest BCUT2D eigenvalue weighted by atomic mass is 9.80. The summed E-state index contributed by atoms with van der Waals surface area (Å²) in [7, 11) is 0.701. The van der Waals surface area contributed by atoms with E-state index in [1.165, 1.54) is 5.56 Å². The summed E-state index contributed by atoms with van der Waals surface area (Å²) in [6.45, 7) is 0.959. The molecule has 6 heteroatoms. The zero-order valence-corrected chi connectivity index (χ0v) is 13.8. The van der Waals surface area contributed by atoms with Gasteiger partial charge in [0.1, 0.15) is 0 Å². The van der Waals surface area contributed by atoms with Gasteiger partial charge in [-0.1, -0.05) is 49.6 Å². The molecule has 0 saturated heterocycles. The summed E-state index contributed by atoms with van der Waals surface area (Å²) in [5, 5.41) is 29.3. The molecule has 1 aliphatic rings. The van der Waals surface area contributed by atoms with Crippen molar-refractivity contribution >= 4 is 13.1 Å². The fourth-order valence-electron chi connectivity index (χ4n) is 3.07. The molecule has 0 radical (unpaired) electrons. The van der Waals surface area contributed by atoms with Gasteiger partial charge in [0.2, 0.25) is 0 Å². The second-order valence-corrected chi connectivity index (χ2v) is 6.06. The van der Waals surface area contributed by atoms with Crippen molar-refractivity contribution in [1.29, 1.82) is 0 Å². The van der Waals surface area contributed by atoms with Gasteiger partial charge in [0.05, 0.1) is 5.92 Å². The SMILES string of the molecule is CNCc1ccccc1.O=C(O)C1CCCC1CCCB(O)O. The third kappa shape index (κ3) is 8.16. The van der Waals surface area contributed by atoms with Gasteiger partial charge in [-0.25, -0.2) is 0 Å². The second-order valence-electron chi connectivity index (χ2n) is 6.06. The van der Waals surface area contributed by atoms with E-state index in [1.807, 2.05) is 25.2 Å². The molecule has 0 heterocycles. The fraction of sp³-hybridized carbons (Fsp3) is 0.588. The van der Waals surface area contributed by atoms with E-state index in [-0.39, 0.29) is 11.8 Å². The first-order valence-electron chi connectivity index (χ1n) is 8.32. The maximum Gasteiger partial charge on any atom is 0.451 e. The minimum Gasteiger partial charge on any atom is -0.481 e. The third-order valence-electron chi connectivity index (χ3n) is 4.24. The Labute approximate surface area is 138 Å². The molecule has 0 aliphatic heterocycles. The first-order valence-corrected chi connectivity index (χ1v) is 8.32. The number of hydrogen-bond acceptors (Lipinski definition) is 4. The van der Waals surface area contributed by atoms with Crippen LogP contribution in [0.4, 0.5) is 0 Å². The van der Waals surface area contributed by atoms with Gasteiger partial charge in [-0.05, 0) is 37.7 Å². The molecular formula is C17H28BNO4. The lowest BCUT2D eigenvalue weighted by Crippen LogP contribution is -2.19. The maximum absolute atomic E-state index is 10.8. The molecular weight excluding hydrogens is 293 g/mol. The van der Waals surface area contributed by atoms with Crippen LogP contribution in [0.15, 0.2) is 30.3 Å². The van der Waals surface area contributed by atoms with Crippen molar-refractivity contribution in [3.05, 3.63) is 35.9 Å². The highest BCUT2D eigenvalue weighted by atomic mass is 16.4. The average molecular weight is 321 g/mol. The molecule has 0 aromatic heterocycles. The molecule has 1 aromatic carbocycles. The van der Waals surface area contributed by atoms with E-state index in [4.69, 9.17) is 15.2 Å². The molecule has 2 atom stereocenters. The monoisotopic (exact) mass is 321 g/mol. The number of rotatable bonds is 7. The molecule has 4 N–H and O–H groups in total. The predicted molar refractivity (Wildman–Crippen MR) is 91.9 cm³/mol. The summed E-state index contributed by atoms with van der Waals surface area (Å²) >= 11 is 0. The van der Waals surface area contributed by atoms with Gasteiger partial charge >= 0.3 is 13.1 Å². The Bertz CT molecular complexity index is 441. The van der Waals surface area contributed by atoms with Crippen LogP contribution in [0, 0.1) is 11.8 Å². The molecule has 2 rings (SSSR count). The van der Waals surface area contributed by atoms with Crippen LogP contribution in [0.25, 0.3) is 0 Å². The Morgan fingerprint density at radius 2 is 1.96 bits per heavy atom. The molecule has 1 saturated carbocycles. The summed E-state index contributed by atoms with van der Waals surface area (Å²) in [6.07, 6.45) is 4.59. The van der Waals surface area contributed by atoms with Crippen LogP contribution in [0.1, 0.15) is 37.7 Å². The van der Waals surface area contributed by atoms with E-state index in [2.05, 4.69) is 17.4 Å². The summed E-state index contributed by atoms with van der Waals surface area (Å²) in [6, 6.07) is 10.3. The molecule has 0 spiro atoms. The number of nitrogens with one attached hydrogen (secondary N) is 1. The Hall–Kier alpha value is -1.37. The van der Waals surface area contributed by atoms with E-state index in [1.54, 1.807) is 0 Å². The summed E-state index contributed by atoms with van der Waals surface area (Å²) < 4.78 is 0. The highest BCUT2D eigenvalue weighted by Crippen LogP contribution is 2.35. The normalized spacial score (nSPS) is 19.8. The number of benzene rings is 1. The fourth-order valence-corrected chi connectivity index (χ4v) is 3.07. The van der Waals surface area contributed by atoms with Gasteiger partial charge in [0.15, 0.2) is 0 Å². The van der Waals surface area contributed by atoms with Crippen LogP contribution in [0.3, 0.4) is 0 Å². The molecule has 1 aliphatic carbocycles. The number of aliphatic carboxylic acids is 1. The standard InChI is InChI=1S/C9H17BO4.C8H11N/c11-9(12)8-5-1-3-7(8)4-2-6-10(13)14;1-9-7-8-5-3-2-4-6-8/h7-8,13-14H,1-6H2,(H,11,12);2-6,9H,7H2,1H3. The summed E-state index contributed by atoms with van der Waals surface area (Å²) in [5.74, 6) is -0.658. The van der Waals surface area contributed by atoms with E-state index < -0.39 is 13.1 Å². The predicted octanol–water partition coefficient (Wildman–Crippen LogP) is 2.15. The quantitative estimate of drug-likeness (QED) is 0.578. The van der Waals surface area contributed by atoms with Gasteiger partial charge in [0, 0.05) is 6.54 Å². The van der Waals surface area contributed by atoms with Crippen molar-refractivity contribution in [2.75, 3.05) is 7.05 Å². The summed E-state index contributed by atoms with van der Waals surface area (Å²) in [4.78, 5) is 10.8. The van der Waals surface area contributed by atoms with Crippen molar-refractivity contribution in [2.24, 2.45) is 11.8 Å². The van der Waals surface area contributed by atoms with Crippen molar-refractivity contribution in [3.8, 4) is 0 Å². The smallest absolute Gasteiger partial charge is 0.451 e. The first-order chi connectivity index (χ1) is 11.0. The molecule has 0 amide bonds. The van der Waals surface area contributed by atoms with Gasteiger partial charge in [-0.3, -0.25) is 4.79 Å². The Morgan fingerprint density at radius 1 is 1.26 bits per heavy atom. The summed E-state index contributed by atoms with van der Waals surface area (Å²) in [5.41, 5.74) is 1.33. The number of carbonyl (C=O) groups is 1. The van der Waals surface area contributed by atoms with Crippen LogP contribution >= 0.6 is 0 Å². The van der Waals surface area contributed by atoms with E-state index in [0.717, 1.165) is 32.2 Å². The van der Waals surface area contributed by atoms with Crippen LogP contribution < -0.4 is 5.32 Å². The van der Waals surface area contributed by atoms with Gasteiger partial charge in [-0.2, -0.15) is 0 Å². The molecule has 1 aromatic rings. The minimum atomic E-state index is -1.25. The molecule has 1 fully saturated rings. The number of carboxylic acids is 1. The van der Waals surface area contributed by atoms with Gasteiger partial charge < -0.3 is 20.5 Å². The van der Waals surface area contributed by atoms with E-state index in [0.29, 0.717) is 12.7 Å². The minimum absolute atomic E-state index is 0.203. The largest absolute Gasteiger partial charge is 0.481 e. The number of hydrogen-bond donors (Lipinski definition) is 4. The lowest BCUT2D eigenvalue weighted by molar-refractivity contribution is -0.143. The van der Waals surface area contributed by atoms with Crippen LogP contribution in [-0.4, -0.2) is 35.3 Å². The van der Waals surface area contributed by atoms with Gasteiger partial charge in [-0.15, -0.1) is 0 Å². The highest BCUT2D eigenvalue weighted by Gasteiger charge is 2.32. The molecule has 5 nitrogen and oxygen atoms in total.